The maximum Gasteiger partial charge on any atom is 0.338 e. The van der Waals surface area contributed by atoms with Crippen molar-refractivity contribution in [3.8, 4) is 0 Å². The predicted molar refractivity (Wildman–Crippen MR) is 72.2 cm³/mol. The summed E-state index contributed by atoms with van der Waals surface area (Å²) in [5.41, 5.74) is -0.182. The number of benzene rings is 1. The molecule has 0 spiro atoms. The van der Waals surface area contributed by atoms with E-state index in [0.29, 0.717) is 12.1 Å². The fourth-order valence-electron chi connectivity index (χ4n) is 1.82. The Bertz CT molecular complexity index is 783. The predicted octanol–water partition coefficient (Wildman–Crippen LogP) is 1.71. The smallest absolute Gasteiger partial charge is 0.338 e. The van der Waals surface area contributed by atoms with E-state index in [1.807, 2.05) is 6.92 Å². The summed E-state index contributed by atoms with van der Waals surface area (Å²) in [7, 11) is -3.76. The normalized spacial score (nSPS) is 11.5. The number of aryl methyl sites for hydroxylation is 1. The number of hydrogen-bond acceptors (Lipinski definition) is 4. The first-order valence-corrected chi connectivity index (χ1v) is 7.75. The molecule has 0 fully saturated rings. The van der Waals surface area contributed by atoms with Gasteiger partial charge in [0, 0.05) is 18.3 Å². The molecule has 21 heavy (non-hydrogen) atoms. The highest BCUT2D eigenvalue weighted by Crippen LogP contribution is 2.19. The molecular formula is C13H13FN2O4S. The molecule has 0 aliphatic carbocycles. The fraction of sp³-hybridized carbons (Fsp3) is 0.231. The summed E-state index contributed by atoms with van der Waals surface area (Å²) in [5.74, 6) is -2.80. The van der Waals surface area contributed by atoms with Crippen molar-refractivity contribution in [1.82, 2.24) is 9.78 Å². The van der Waals surface area contributed by atoms with Gasteiger partial charge in [0.05, 0.1) is 22.4 Å². The van der Waals surface area contributed by atoms with E-state index in [9.17, 15) is 17.6 Å². The monoisotopic (exact) mass is 312 g/mol. The van der Waals surface area contributed by atoms with E-state index in [0.717, 1.165) is 18.2 Å². The zero-order chi connectivity index (χ0) is 15.6. The Hall–Kier alpha value is -2.22. The first kappa shape index (κ1) is 15.2. The van der Waals surface area contributed by atoms with Gasteiger partial charge < -0.3 is 5.11 Å². The number of carbonyl (C=O) groups is 1. The number of rotatable bonds is 5. The molecule has 1 aromatic heterocycles. The van der Waals surface area contributed by atoms with Crippen LogP contribution in [0.5, 0.6) is 0 Å². The van der Waals surface area contributed by atoms with E-state index < -0.39 is 27.2 Å². The Kier molecular flexibility index (Phi) is 4.08. The minimum Gasteiger partial charge on any atom is -0.478 e. The van der Waals surface area contributed by atoms with Gasteiger partial charge in [-0.3, -0.25) is 4.68 Å². The van der Waals surface area contributed by atoms with Crippen molar-refractivity contribution in [2.24, 2.45) is 0 Å². The standard InChI is InChI=1S/C13H13FN2O4S/c1-2-16-7-9(6-15-16)8-21(19,20)10-3-4-12(14)11(5-10)13(17)18/h3-7H,2,8H2,1H3,(H,17,18). The van der Waals surface area contributed by atoms with Crippen LogP contribution in [0, 0.1) is 5.82 Å². The molecule has 0 radical (unpaired) electrons. The van der Waals surface area contributed by atoms with E-state index in [-0.39, 0.29) is 10.6 Å². The second-order valence-electron chi connectivity index (χ2n) is 4.41. The summed E-state index contributed by atoms with van der Waals surface area (Å²) in [6.45, 7) is 2.48. The summed E-state index contributed by atoms with van der Waals surface area (Å²) in [5, 5.41) is 12.8. The number of nitrogens with zero attached hydrogens (tertiary/aromatic N) is 2. The van der Waals surface area contributed by atoms with Crippen molar-refractivity contribution in [2.75, 3.05) is 0 Å². The molecule has 6 nitrogen and oxygen atoms in total. The van der Waals surface area contributed by atoms with E-state index in [2.05, 4.69) is 5.10 Å². The number of hydrogen-bond donors (Lipinski definition) is 1. The van der Waals surface area contributed by atoms with Gasteiger partial charge in [-0.25, -0.2) is 17.6 Å². The van der Waals surface area contributed by atoms with Gasteiger partial charge in [0.1, 0.15) is 5.82 Å². The van der Waals surface area contributed by atoms with Crippen molar-refractivity contribution >= 4 is 15.8 Å². The minimum absolute atomic E-state index is 0.231. The second kappa shape index (κ2) is 5.65. The summed E-state index contributed by atoms with van der Waals surface area (Å²) < 4.78 is 39.3. The third-order valence-electron chi connectivity index (χ3n) is 2.89. The van der Waals surface area contributed by atoms with Crippen molar-refractivity contribution in [3.63, 3.8) is 0 Å². The molecule has 2 rings (SSSR count). The maximum absolute atomic E-state index is 13.3. The Morgan fingerprint density at radius 3 is 2.71 bits per heavy atom. The van der Waals surface area contributed by atoms with Gasteiger partial charge in [0.2, 0.25) is 0 Å². The molecule has 1 aromatic carbocycles. The van der Waals surface area contributed by atoms with Crippen LogP contribution < -0.4 is 0 Å². The molecule has 0 unspecified atom stereocenters. The zero-order valence-corrected chi connectivity index (χ0v) is 12.0. The SMILES string of the molecule is CCn1cc(CS(=O)(=O)c2ccc(F)c(C(=O)O)c2)cn1. The number of halogens is 1. The summed E-state index contributed by atoms with van der Waals surface area (Å²) in [6, 6.07) is 2.73. The second-order valence-corrected chi connectivity index (χ2v) is 6.40. The lowest BCUT2D eigenvalue weighted by Crippen LogP contribution is -2.08. The number of carboxylic acid groups (broad SMARTS) is 1. The van der Waals surface area contributed by atoms with Gasteiger partial charge in [0.15, 0.2) is 9.84 Å². The molecule has 0 saturated heterocycles. The lowest BCUT2D eigenvalue weighted by Gasteiger charge is -2.05. The average Bonchev–Trinajstić information content (AvgIpc) is 2.85. The van der Waals surface area contributed by atoms with E-state index in [4.69, 9.17) is 5.11 Å². The molecule has 0 aliphatic heterocycles. The first-order valence-electron chi connectivity index (χ1n) is 6.10. The molecule has 112 valence electrons. The Morgan fingerprint density at radius 2 is 2.14 bits per heavy atom. The van der Waals surface area contributed by atoms with Crippen molar-refractivity contribution < 1.29 is 22.7 Å². The van der Waals surface area contributed by atoms with Crippen LogP contribution >= 0.6 is 0 Å². The highest BCUT2D eigenvalue weighted by Gasteiger charge is 2.20. The van der Waals surface area contributed by atoms with Gasteiger partial charge in [0.25, 0.3) is 0 Å². The van der Waals surface area contributed by atoms with Crippen LogP contribution in [-0.2, 0) is 22.1 Å². The average molecular weight is 312 g/mol. The lowest BCUT2D eigenvalue weighted by atomic mass is 10.2. The van der Waals surface area contributed by atoms with Crippen LogP contribution in [0.15, 0.2) is 35.5 Å². The molecule has 1 N–H and O–H groups in total. The molecule has 0 atom stereocenters. The van der Waals surface area contributed by atoms with E-state index >= 15 is 0 Å². The topological polar surface area (TPSA) is 89.3 Å². The third-order valence-corrected chi connectivity index (χ3v) is 4.58. The maximum atomic E-state index is 13.3. The lowest BCUT2D eigenvalue weighted by molar-refractivity contribution is 0.0691. The van der Waals surface area contributed by atoms with E-state index in [1.165, 1.54) is 6.20 Å². The molecule has 1 heterocycles. The van der Waals surface area contributed by atoms with E-state index in [1.54, 1.807) is 10.9 Å². The van der Waals surface area contributed by atoms with Crippen molar-refractivity contribution in [1.29, 1.82) is 0 Å². The van der Waals surface area contributed by atoms with Crippen LogP contribution in [0.2, 0.25) is 0 Å². The van der Waals surface area contributed by atoms with Crippen LogP contribution in [0.25, 0.3) is 0 Å². The highest BCUT2D eigenvalue weighted by molar-refractivity contribution is 7.90. The summed E-state index contributed by atoms with van der Waals surface area (Å²) >= 11 is 0. The molecular weight excluding hydrogens is 299 g/mol. The Balaban J connectivity index is 2.35. The summed E-state index contributed by atoms with van der Waals surface area (Å²) in [4.78, 5) is 10.6. The van der Waals surface area contributed by atoms with Gasteiger partial charge in [-0.1, -0.05) is 0 Å². The molecule has 0 saturated carbocycles. The van der Waals surface area contributed by atoms with Gasteiger partial charge in [-0.15, -0.1) is 0 Å². The molecule has 0 aliphatic rings. The number of aromatic carboxylic acids is 1. The number of aromatic nitrogens is 2. The van der Waals surface area contributed by atoms with Crippen LogP contribution in [0.4, 0.5) is 4.39 Å². The minimum atomic E-state index is -3.76. The molecule has 0 bridgehead atoms. The van der Waals surface area contributed by atoms with Crippen molar-refractivity contribution in [3.05, 3.63) is 47.5 Å². The van der Waals surface area contributed by atoms with Gasteiger partial charge in [-0.2, -0.15) is 5.10 Å². The van der Waals surface area contributed by atoms with Gasteiger partial charge >= 0.3 is 5.97 Å². The zero-order valence-electron chi connectivity index (χ0n) is 11.2. The molecule has 8 heteroatoms. The van der Waals surface area contributed by atoms with Crippen molar-refractivity contribution in [2.45, 2.75) is 24.1 Å². The largest absolute Gasteiger partial charge is 0.478 e. The number of carboxylic acids is 1. The van der Waals surface area contributed by atoms with Crippen LogP contribution in [0.3, 0.4) is 0 Å². The van der Waals surface area contributed by atoms with Crippen LogP contribution in [0.1, 0.15) is 22.8 Å². The fourth-order valence-corrected chi connectivity index (χ4v) is 3.15. The quantitative estimate of drug-likeness (QED) is 0.849. The first-order chi connectivity index (χ1) is 9.83. The third kappa shape index (κ3) is 3.27. The molecule has 2 aromatic rings. The van der Waals surface area contributed by atoms with Gasteiger partial charge in [-0.05, 0) is 25.1 Å². The number of sulfone groups is 1. The summed E-state index contributed by atoms with van der Waals surface area (Å²) in [6.07, 6.45) is 3.03. The highest BCUT2D eigenvalue weighted by atomic mass is 32.2. The Morgan fingerprint density at radius 1 is 1.43 bits per heavy atom. The Labute approximate surface area is 120 Å². The molecule has 0 amide bonds. The van der Waals surface area contributed by atoms with Crippen LogP contribution in [-0.4, -0.2) is 29.3 Å².